The molecule has 0 aromatic heterocycles. The molecule has 0 aliphatic rings. The third-order valence-electron chi connectivity index (χ3n) is 3.38. The quantitative estimate of drug-likeness (QED) is 0.631. The van der Waals surface area contributed by atoms with Crippen molar-refractivity contribution in [2.45, 2.75) is 12.3 Å². The summed E-state index contributed by atoms with van der Waals surface area (Å²) >= 11 is 0. The fraction of sp³-hybridized carbons (Fsp3) is 0.562. The lowest BCUT2D eigenvalue weighted by Gasteiger charge is -2.25. The number of ether oxygens (including phenoxy) is 2. The second kappa shape index (κ2) is 10.3. The highest BCUT2D eigenvalue weighted by atomic mass is 16.5. The average molecular weight is 295 g/mol. The molecule has 0 bridgehead atoms. The Hall–Kier alpha value is -1.43. The molecule has 21 heavy (non-hydrogen) atoms. The van der Waals surface area contributed by atoms with E-state index in [1.54, 1.807) is 14.2 Å². The molecule has 0 spiro atoms. The summed E-state index contributed by atoms with van der Waals surface area (Å²) in [6, 6.07) is 9.36. The van der Waals surface area contributed by atoms with Crippen LogP contribution in [0.15, 0.2) is 30.3 Å². The van der Waals surface area contributed by atoms with Crippen LogP contribution in [0.5, 0.6) is 0 Å². The molecule has 118 valence electrons. The van der Waals surface area contributed by atoms with Crippen LogP contribution in [0, 0.1) is 0 Å². The molecular formula is C16H25NO4. The molecule has 0 heterocycles. The molecular weight excluding hydrogens is 270 g/mol. The van der Waals surface area contributed by atoms with Gasteiger partial charge in [0, 0.05) is 40.5 Å². The molecule has 0 amide bonds. The van der Waals surface area contributed by atoms with Gasteiger partial charge in [-0.2, -0.15) is 0 Å². The van der Waals surface area contributed by atoms with Gasteiger partial charge in [0.25, 0.3) is 0 Å². The number of carboxylic acids is 1. The molecule has 0 aliphatic heterocycles. The van der Waals surface area contributed by atoms with Gasteiger partial charge in [-0.05, 0) is 12.0 Å². The summed E-state index contributed by atoms with van der Waals surface area (Å²) in [5.41, 5.74) is 0.833. The number of methoxy groups -OCH3 is 2. The van der Waals surface area contributed by atoms with Crippen LogP contribution in [0.4, 0.5) is 0 Å². The summed E-state index contributed by atoms with van der Waals surface area (Å²) in [5, 5.41) is 9.49. The number of carboxylic acid groups (broad SMARTS) is 1. The van der Waals surface area contributed by atoms with Crippen LogP contribution in [-0.4, -0.2) is 63.0 Å². The van der Waals surface area contributed by atoms with Gasteiger partial charge in [-0.3, -0.25) is 9.69 Å². The Morgan fingerprint density at radius 1 is 1.14 bits per heavy atom. The third kappa shape index (κ3) is 6.71. The van der Waals surface area contributed by atoms with E-state index in [4.69, 9.17) is 9.47 Å². The molecule has 0 saturated heterocycles. The molecule has 0 aliphatic carbocycles. The largest absolute Gasteiger partial charge is 0.481 e. The molecule has 5 nitrogen and oxygen atoms in total. The van der Waals surface area contributed by atoms with E-state index in [9.17, 15) is 9.90 Å². The van der Waals surface area contributed by atoms with Gasteiger partial charge in [0.1, 0.15) is 0 Å². The van der Waals surface area contributed by atoms with E-state index >= 15 is 0 Å². The summed E-state index contributed by atoms with van der Waals surface area (Å²) in [5.74, 6) is -1.32. The van der Waals surface area contributed by atoms with Crippen molar-refractivity contribution in [3.8, 4) is 0 Å². The summed E-state index contributed by atoms with van der Waals surface area (Å²) in [4.78, 5) is 13.7. The molecule has 5 heteroatoms. The Kier molecular flexibility index (Phi) is 8.66. The molecule has 0 saturated carbocycles. The van der Waals surface area contributed by atoms with Gasteiger partial charge in [0.05, 0.1) is 12.5 Å². The first-order valence-electron chi connectivity index (χ1n) is 7.17. The smallest absolute Gasteiger partial charge is 0.312 e. The Morgan fingerprint density at radius 2 is 1.81 bits per heavy atom. The Bertz CT molecular complexity index is 397. The number of rotatable bonds is 11. The van der Waals surface area contributed by atoms with Crippen molar-refractivity contribution in [1.82, 2.24) is 4.90 Å². The van der Waals surface area contributed by atoms with Crippen LogP contribution in [0.2, 0.25) is 0 Å². The summed E-state index contributed by atoms with van der Waals surface area (Å²) < 4.78 is 10.2. The third-order valence-corrected chi connectivity index (χ3v) is 3.38. The maximum absolute atomic E-state index is 11.6. The molecule has 1 atom stereocenters. The van der Waals surface area contributed by atoms with Gasteiger partial charge >= 0.3 is 5.97 Å². The van der Waals surface area contributed by atoms with Crippen molar-refractivity contribution in [3.05, 3.63) is 35.9 Å². The van der Waals surface area contributed by atoms with Gasteiger partial charge in [-0.1, -0.05) is 30.3 Å². The molecule has 1 aromatic rings. The number of hydrogen-bond donors (Lipinski definition) is 1. The predicted molar refractivity (Wildman–Crippen MR) is 81.6 cm³/mol. The monoisotopic (exact) mass is 295 g/mol. The van der Waals surface area contributed by atoms with E-state index < -0.39 is 11.9 Å². The standard InChI is InChI=1S/C16H25NO4/c1-20-11-6-9-17(10-12-21-2)13-15(16(18)19)14-7-4-3-5-8-14/h3-5,7-8,15H,6,9-13H2,1-2H3,(H,18,19). The molecule has 1 aromatic carbocycles. The Balaban J connectivity index is 2.69. The van der Waals surface area contributed by atoms with Crippen molar-refractivity contribution in [2.24, 2.45) is 0 Å². The zero-order chi connectivity index (χ0) is 15.5. The van der Waals surface area contributed by atoms with Crippen LogP contribution in [-0.2, 0) is 14.3 Å². The highest BCUT2D eigenvalue weighted by molar-refractivity contribution is 5.76. The predicted octanol–water partition coefficient (Wildman–Crippen LogP) is 1.84. The zero-order valence-corrected chi connectivity index (χ0v) is 12.8. The fourth-order valence-electron chi connectivity index (χ4n) is 2.22. The Labute approximate surface area is 126 Å². The SMILES string of the molecule is COCCCN(CCOC)CC(C(=O)O)c1ccccc1. The number of hydrogen-bond acceptors (Lipinski definition) is 4. The van der Waals surface area contributed by atoms with E-state index in [2.05, 4.69) is 4.90 Å². The zero-order valence-electron chi connectivity index (χ0n) is 12.8. The van der Waals surface area contributed by atoms with Crippen LogP contribution in [0.25, 0.3) is 0 Å². The van der Waals surface area contributed by atoms with Crippen LogP contribution in [0.3, 0.4) is 0 Å². The number of benzene rings is 1. The Morgan fingerprint density at radius 3 is 2.38 bits per heavy atom. The highest BCUT2D eigenvalue weighted by Gasteiger charge is 2.22. The van der Waals surface area contributed by atoms with Crippen molar-refractivity contribution in [3.63, 3.8) is 0 Å². The maximum Gasteiger partial charge on any atom is 0.312 e. The summed E-state index contributed by atoms with van der Waals surface area (Å²) in [6.45, 7) is 3.26. The van der Waals surface area contributed by atoms with Crippen LogP contribution >= 0.6 is 0 Å². The van der Waals surface area contributed by atoms with Gasteiger partial charge in [-0.25, -0.2) is 0 Å². The normalized spacial score (nSPS) is 12.5. The number of aliphatic carboxylic acids is 1. The van der Waals surface area contributed by atoms with Crippen LogP contribution < -0.4 is 0 Å². The van der Waals surface area contributed by atoms with Crippen molar-refractivity contribution in [1.29, 1.82) is 0 Å². The first kappa shape index (κ1) is 17.6. The highest BCUT2D eigenvalue weighted by Crippen LogP contribution is 2.17. The topological polar surface area (TPSA) is 59.0 Å². The first-order valence-corrected chi connectivity index (χ1v) is 7.17. The lowest BCUT2D eigenvalue weighted by Crippen LogP contribution is -2.35. The average Bonchev–Trinajstić information content (AvgIpc) is 2.50. The van der Waals surface area contributed by atoms with E-state index in [1.165, 1.54) is 0 Å². The van der Waals surface area contributed by atoms with Gasteiger partial charge in [0.15, 0.2) is 0 Å². The number of carbonyl (C=O) groups is 1. The van der Waals surface area contributed by atoms with Crippen LogP contribution in [0.1, 0.15) is 17.9 Å². The molecule has 1 unspecified atom stereocenters. The van der Waals surface area contributed by atoms with Crippen molar-refractivity contribution in [2.75, 3.05) is 47.1 Å². The lowest BCUT2D eigenvalue weighted by molar-refractivity contribution is -0.139. The van der Waals surface area contributed by atoms with Gasteiger partial charge in [0.2, 0.25) is 0 Å². The van der Waals surface area contributed by atoms with Gasteiger partial charge < -0.3 is 14.6 Å². The minimum Gasteiger partial charge on any atom is -0.481 e. The maximum atomic E-state index is 11.6. The van der Waals surface area contributed by atoms with E-state index in [-0.39, 0.29) is 0 Å². The second-order valence-corrected chi connectivity index (χ2v) is 4.94. The second-order valence-electron chi connectivity index (χ2n) is 4.94. The first-order chi connectivity index (χ1) is 10.2. The molecule has 1 rings (SSSR count). The van der Waals surface area contributed by atoms with Crippen molar-refractivity contribution < 1.29 is 19.4 Å². The molecule has 1 N–H and O–H groups in total. The van der Waals surface area contributed by atoms with Crippen molar-refractivity contribution >= 4 is 5.97 Å². The van der Waals surface area contributed by atoms with E-state index in [1.807, 2.05) is 30.3 Å². The fourth-order valence-corrected chi connectivity index (χ4v) is 2.22. The van der Waals surface area contributed by atoms with E-state index in [0.717, 1.165) is 25.1 Å². The molecule has 0 fully saturated rings. The van der Waals surface area contributed by atoms with Gasteiger partial charge in [-0.15, -0.1) is 0 Å². The summed E-state index contributed by atoms with van der Waals surface area (Å²) in [6.07, 6.45) is 0.876. The van der Waals surface area contributed by atoms with E-state index in [0.29, 0.717) is 19.8 Å². The minimum absolute atomic E-state index is 0.479. The lowest BCUT2D eigenvalue weighted by atomic mass is 9.98. The molecule has 0 radical (unpaired) electrons. The minimum atomic E-state index is -0.796. The summed E-state index contributed by atoms with van der Waals surface area (Å²) in [7, 11) is 3.32. The number of nitrogens with zero attached hydrogens (tertiary/aromatic N) is 1.